The molecule has 0 aliphatic heterocycles. The topological polar surface area (TPSA) is 17.3 Å². The Labute approximate surface area is 71.9 Å². The van der Waals surface area contributed by atoms with Gasteiger partial charge in [-0.3, -0.25) is 0 Å². The summed E-state index contributed by atoms with van der Waals surface area (Å²) >= 11 is 0. The summed E-state index contributed by atoms with van der Waals surface area (Å²) in [4.78, 5) is 4.29. The van der Waals surface area contributed by atoms with E-state index in [9.17, 15) is 0 Å². The van der Waals surface area contributed by atoms with Crippen molar-refractivity contribution in [2.24, 2.45) is 0 Å². The second-order valence-corrected chi connectivity index (χ2v) is 2.98. The molecule has 12 heavy (non-hydrogen) atoms. The second kappa shape index (κ2) is 2.63. The summed E-state index contributed by atoms with van der Waals surface area (Å²) < 4.78 is 2.15. The summed E-state index contributed by atoms with van der Waals surface area (Å²) in [7, 11) is 0. The van der Waals surface area contributed by atoms with Gasteiger partial charge in [-0.05, 0) is 25.0 Å². The van der Waals surface area contributed by atoms with Crippen LogP contribution in [0.15, 0.2) is 24.5 Å². The molecule has 0 saturated heterocycles. The SMILES string of the molecule is CCc1ccc(C)c2nccn12. The smallest absolute Gasteiger partial charge is 0.139 e. The molecule has 2 heterocycles. The van der Waals surface area contributed by atoms with E-state index in [1.165, 1.54) is 11.3 Å². The molecule has 2 heteroatoms. The molecule has 0 aromatic carbocycles. The number of aryl methyl sites for hydroxylation is 2. The van der Waals surface area contributed by atoms with Gasteiger partial charge in [0.15, 0.2) is 0 Å². The van der Waals surface area contributed by atoms with Crippen LogP contribution in [0.5, 0.6) is 0 Å². The van der Waals surface area contributed by atoms with Crippen LogP contribution in [0.4, 0.5) is 0 Å². The van der Waals surface area contributed by atoms with Crippen LogP contribution in [-0.4, -0.2) is 9.38 Å². The van der Waals surface area contributed by atoms with Gasteiger partial charge in [0.05, 0.1) is 0 Å². The average Bonchev–Trinajstić information content (AvgIpc) is 2.54. The van der Waals surface area contributed by atoms with E-state index in [1.54, 1.807) is 0 Å². The number of fused-ring (bicyclic) bond motifs is 1. The van der Waals surface area contributed by atoms with Crippen molar-refractivity contribution in [3.05, 3.63) is 35.8 Å². The molecule has 2 rings (SSSR count). The van der Waals surface area contributed by atoms with E-state index >= 15 is 0 Å². The molecule has 2 nitrogen and oxygen atoms in total. The minimum atomic E-state index is 1.05. The van der Waals surface area contributed by atoms with Crippen LogP contribution in [-0.2, 0) is 6.42 Å². The standard InChI is InChI=1S/C10H12N2/c1-3-9-5-4-8(2)10-11-6-7-12(9)10/h4-7H,3H2,1-2H3. The molecule has 0 aliphatic carbocycles. The molecule has 62 valence electrons. The Morgan fingerprint density at radius 3 is 3.00 bits per heavy atom. The van der Waals surface area contributed by atoms with E-state index in [2.05, 4.69) is 35.4 Å². The number of pyridine rings is 1. The zero-order valence-corrected chi connectivity index (χ0v) is 7.41. The molecule has 0 aliphatic rings. The lowest BCUT2D eigenvalue weighted by molar-refractivity contribution is 0.974. The number of nitrogens with zero attached hydrogens (tertiary/aromatic N) is 2. The van der Waals surface area contributed by atoms with Crippen LogP contribution < -0.4 is 0 Å². The minimum absolute atomic E-state index is 1.05. The third kappa shape index (κ3) is 0.916. The maximum absolute atomic E-state index is 4.29. The lowest BCUT2D eigenvalue weighted by Gasteiger charge is -2.03. The van der Waals surface area contributed by atoms with Crippen molar-refractivity contribution in [2.75, 3.05) is 0 Å². The summed E-state index contributed by atoms with van der Waals surface area (Å²) in [5.41, 5.74) is 3.62. The fourth-order valence-electron chi connectivity index (χ4n) is 1.49. The third-order valence-electron chi connectivity index (χ3n) is 2.19. The summed E-state index contributed by atoms with van der Waals surface area (Å²) in [6.07, 6.45) is 4.91. The summed E-state index contributed by atoms with van der Waals surface area (Å²) in [5.74, 6) is 0. The van der Waals surface area contributed by atoms with Crippen LogP contribution in [0, 0.1) is 6.92 Å². The molecule has 0 unspecified atom stereocenters. The van der Waals surface area contributed by atoms with Gasteiger partial charge in [-0.15, -0.1) is 0 Å². The third-order valence-corrected chi connectivity index (χ3v) is 2.19. The lowest BCUT2D eigenvalue weighted by atomic mass is 10.2. The van der Waals surface area contributed by atoms with Crippen LogP contribution in [0.1, 0.15) is 18.2 Å². The number of imidazole rings is 1. The molecule has 0 atom stereocenters. The molecule has 0 N–H and O–H groups in total. The molecule has 0 bridgehead atoms. The highest BCUT2D eigenvalue weighted by Gasteiger charge is 2.00. The predicted octanol–water partition coefficient (Wildman–Crippen LogP) is 2.21. The van der Waals surface area contributed by atoms with Crippen molar-refractivity contribution in [1.82, 2.24) is 9.38 Å². The first kappa shape index (κ1) is 7.35. The van der Waals surface area contributed by atoms with Crippen molar-refractivity contribution in [3.8, 4) is 0 Å². The highest BCUT2D eigenvalue weighted by molar-refractivity contribution is 5.48. The fourth-order valence-corrected chi connectivity index (χ4v) is 1.49. The Morgan fingerprint density at radius 1 is 1.42 bits per heavy atom. The molecular formula is C10H12N2. The average molecular weight is 160 g/mol. The van der Waals surface area contributed by atoms with Gasteiger partial charge >= 0.3 is 0 Å². The van der Waals surface area contributed by atoms with Gasteiger partial charge < -0.3 is 4.40 Å². The molecule has 0 fully saturated rings. The Bertz CT molecular complexity index is 401. The van der Waals surface area contributed by atoms with Crippen molar-refractivity contribution in [3.63, 3.8) is 0 Å². The van der Waals surface area contributed by atoms with Crippen LogP contribution >= 0.6 is 0 Å². The zero-order valence-electron chi connectivity index (χ0n) is 7.41. The van der Waals surface area contributed by atoms with Gasteiger partial charge in [0.1, 0.15) is 5.65 Å². The molecule has 2 aromatic heterocycles. The van der Waals surface area contributed by atoms with Crippen molar-refractivity contribution >= 4 is 5.65 Å². The van der Waals surface area contributed by atoms with Crippen LogP contribution in [0.3, 0.4) is 0 Å². The zero-order chi connectivity index (χ0) is 8.55. The van der Waals surface area contributed by atoms with Crippen molar-refractivity contribution in [1.29, 1.82) is 0 Å². The predicted molar refractivity (Wildman–Crippen MR) is 49.3 cm³/mol. The Hall–Kier alpha value is -1.31. The van der Waals surface area contributed by atoms with Crippen molar-refractivity contribution in [2.45, 2.75) is 20.3 Å². The van der Waals surface area contributed by atoms with Crippen LogP contribution in [0.2, 0.25) is 0 Å². The molecule has 0 saturated carbocycles. The first-order valence-corrected chi connectivity index (χ1v) is 4.24. The fraction of sp³-hybridized carbons (Fsp3) is 0.300. The highest BCUT2D eigenvalue weighted by Crippen LogP contribution is 2.11. The molecule has 2 aromatic rings. The Morgan fingerprint density at radius 2 is 2.25 bits per heavy atom. The molecule has 0 radical (unpaired) electrons. The Kier molecular flexibility index (Phi) is 1.61. The highest BCUT2D eigenvalue weighted by atomic mass is 15.0. The van der Waals surface area contributed by atoms with Crippen molar-refractivity contribution < 1.29 is 0 Å². The number of rotatable bonds is 1. The summed E-state index contributed by atoms with van der Waals surface area (Å²) in [6, 6.07) is 4.28. The van der Waals surface area contributed by atoms with Gasteiger partial charge in [-0.2, -0.15) is 0 Å². The summed E-state index contributed by atoms with van der Waals surface area (Å²) in [5, 5.41) is 0. The van der Waals surface area contributed by atoms with Gasteiger partial charge in [-0.25, -0.2) is 4.98 Å². The van der Waals surface area contributed by atoms with E-state index in [0.29, 0.717) is 0 Å². The first-order chi connectivity index (χ1) is 5.83. The van der Waals surface area contributed by atoms with Crippen LogP contribution in [0.25, 0.3) is 5.65 Å². The lowest BCUT2D eigenvalue weighted by Crippen LogP contribution is -1.95. The van der Waals surface area contributed by atoms with Gasteiger partial charge in [0, 0.05) is 18.1 Å². The first-order valence-electron chi connectivity index (χ1n) is 4.24. The maximum atomic E-state index is 4.29. The molecule has 0 amide bonds. The van der Waals surface area contributed by atoms with E-state index in [4.69, 9.17) is 0 Å². The minimum Gasteiger partial charge on any atom is -0.304 e. The number of aromatic nitrogens is 2. The second-order valence-electron chi connectivity index (χ2n) is 2.98. The molecule has 0 spiro atoms. The quantitative estimate of drug-likeness (QED) is 0.625. The monoisotopic (exact) mass is 160 g/mol. The van der Waals surface area contributed by atoms with E-state index in [1.807, 2.05) is 12.4 Å². The van der Waals surface area contributed by atoms with Gasteiger partial charge in [-0.1, -0.05) is 13.0 Å². The molecular weight excluding hydrogens is 148 g/mol. The largest absolute Gasteiger partial charge is 0.304 e. The van der Waals surface area contributed by atoms with E-state index in [0.717, 1.165) is 12.1 Å². The maximum Gasteiger partial charge on any atom is 0.139 e. The number of hydrogen-bond acceptors (Lipinski definition) is 1. The normalized spacial score (nSPS) is 10.8. The Balaban J connectivity index is 2.82. The van der Waals surface area contributed by atoms with E-state index < -0.39 is 0 Å². The van der Waals surface area contributed by atoms with Gasteiger partial charge in [0.25, 0.3) is 0 Å². The van der Waals surface area contributed by atoms with Gasteiger partial charge in [0.2, 0.25) is 0 Å². The van der Waals surface area contributed by atoms with E-state index in [-0.39, 0.29) is 0 Å². The summed E-state index contributed by atoms with van der Waals surface area (Å²) in [6.45, 7) is 4.24. The number of hydrogen-bond donors (Lipinski definition) is 0.